The normalized spacial score (nSPS) is 17.4. The number of anilines is 1. The topological polar surface area (TPSA) is 66.9 Å². The van der Waals surface area contributed by atoms with E-state index in [9.17, 15) is 4.79 Å². The Hall–Kier alpha value is -1.92. The van der Waals surface area contributed by atoms with Crippen molar-refractivity contribution < 1.29 is 4.79 Å². The van der Waals surface area contributed by atoms with Crippen LogP contribution in [-0.4, -0.2) is 29.0 Å². The van der Waals surface area contributed by atoms with Crippen LogP contribution in [0.3, 0.4) is 0 Å². The van der Waals surface area contributed by atoms with E-state index in [4.69, 9.17) is 0 Å². The van der Waals surface area contributed by atoms with E-state index in [2.05, 4.69) is 20.6 Å². The average Bonchev–Trinajstić information content (AvgIpc) is 3.05. The van der Waals surface area contributed by atoms with Crippen LogP contribution in [0.25, 0.3) is 0 Å². The fourth-order valence-electron chi connectivity index (χ4n) is 2.40. The van der Waals surface area contributed by atoms with Crippen molar-refractivity contribution in [2.24, 2.45) is 5.92 Å². The van der Waals surface area contributed by atoms with Crippen molar-refractivity contribution in [3.63, 3.8) is 0 Å². The molecule has 0 saturated carbocycles. The average molecular weight is 314 g/mol. The van der Waals surface area contributed by atoms with Crippen LogP contribution in [0, 0.1) is 12.8 Å². The first kappa shape index (κ1) is 15.0. The van der Waals surface area contributed by atoms with Crippen LogP contribution in [0.1, 0.15) is 12.0 Å². The molecule has 1 aromatic carbocycles. The van der Waals surface area contributed by atoms with Gasteiger partial charge < -0.3 is 10.6 Å². The van der Waals surface area contributed by atoms with E-state index in [0.29, 0.717) is 0 Å². The van der Waals surface area contributed by atoms with Gasteiger partial charge in [-0.05, 0) is 61.5 Å². The lowest BCUT2D eigenvalue weighted by Gasteiger charge is -2.13. The largest absolute Gasteiger partial charge is 0.326 e. The Bertz CT molecular complexity index is 656. The van der Waals surface area contributed by atoms with Gasteiger partial charge in [0.1, 0.15) is 0 Å². The van der Waals surface area contributed by atoms with Crippen molar-refractivity contribution in [1.29, 1.82) is 0 Å². The molecule has 0 bridgehead atoms. The lowest BCUT2D eigenvalue weighted by atomic mass is 10.1. The van der Waals surface area contributed by atoms with Gasteiger partial charge in [0.25, 0.3) is 0 Å². The molecule has 2 heterocycles. The Labute approximate surface area is 133 Å². The van der Waals surface area contributed by atoms with E-state index < -0.39 is 0 Å². The van der Waals surface area contributed by atoms with Gasteiger partial charge in [-0.1, -0.05) is 0 Å². The second-order valence-electron chi connectivity index (χ2n) is 5.29. The molecule has 1 saturated heterocycles. The van der Waals surface area contributed by atoms with Crippen molar-refractivity contribution in [1.82, 2.24) is 15.3 Å². The zero-order valence-electron chi connectivity index (χ0n) is 12.4. The van der Waals surface area contributed by atoms with Crippen LogP contribution < -0.4 is 10.6 Å². The second-order valence-corrected chi connectivity index (χ2v) is 6.33. The molecule has 1 fully saturated rings. The fraction of sp³-hybridized carbons (Fsp3) is 0.312. The minimum absolute atomic E-state index is 0.0752. The Balaban J connectivity index is 1.68. The number of hydrogen-bond donors (Lipinski definition) is 2. The molecular weight excluding hydrogens is 296 g/mol. The van der Waals surface area contributed by atoms with Crippen molar-refractivity contribution in [2.75, 3.05) is 18.4 Å². The summed E-state index contributed by atoms with van der Waals surface area (Å²) in [7, 11) is 0. The van der Waals surface area contributed by atoms with Crippen molar-refractivity contribution in [3.05, 3.63) is 42.2 Å². The smallest absolute Gasteiger partial charge is 0.228 e. The van der Waals surface area contributed by atoms with Gasteiger partial charge >= 0.3 is 0 Å². The maximum Gasteiger partial charge on any atom is 0.228 e. The van der Waals surface area contributed by atoms with Gasteiger partial charge in [-0.2, -0.15) is 0 Å². The summed E-state index contributed by atoms with van der Waals surface area (Å²) >= 11 is 1.51. The zero-order valence-corrected chi connectivity index (χ0v) is 13.2. The lowest BCUT2D eigenvalue weighted by molar-refractivity contribution is -0.119. The molecule has 0 radical (unpaired) electrons. The molecule has 1 aromatic heterocycles. The standard InChI is InChI=1S/C16H18N4OS/c1-11-9-13(22-16-18-6-2-7-19-16)3-4-14(11)20-15(21)12-5-8-17-10-12/h2-4,6-7,9,12,17H,5,8,10H2,1H3,(H,20,21). The molecule has 0 spiro atoms. The predicted octanol–water partition coefficient (Wildman–Crippen LogP) is 2.48. The molecule has 2 N–H and O–H groups in total. The minimum Gasteiger partial charge on any atom is -0.326 e. The number of aromatic nitrogens is 2. The lowest BCUT2D eigenvalue weighted by Crippen LogP contribution is -2.24. The van der Waals surface area contributed by atoms with Crippen LogP contribution in [0.15, 0.2) is 46.7 Å². The van der Waals surface area contributed by atoms with Gasteiger partial charge in [0.05, 0.1) is 5.92 Å². The molecule has 1 unspecified atom stereocenters. The number of nitrogens with zero attached hydrogens (tertiary/aromatic N) is 2. The maximum atomic E-state index is 12.2. The summed E-state index contributed by atoms with van der Waals surface area (Å²) in [5, 5.41) is 6.95. The van der Waals surface area contributed by atoms with Gasteiger partial charge in [-0.25, -0.2) is 9.97 Å². The van der Waals surface area contributed by atoms with Crippen molar-refractivity contribution >= 4 is 23.4 Å². The van der Waals surface area contributed by atoms with Crippen molar-refractivity contribution in [3.8, 4) is 0 Å². The highest BCUT2D eigenvalue weighted by Crippen LogP contribution is 2.28. The summed E-state index contributed by atoms with van der Waals surface area (Å²) < 4.78 is 0. The summed E-state index contributed by atoms with van der Waals surface area (Å²) in [4.78, 5) is 21.6. The van der Waals surface area contributed by atoms with Gasteiger partial charge in [0.15, 0.2) is 5.16 Å². The third-order valence-corrected chi connectivity index (χ3v) is 4.52. The Kier molecular flexibility index (Phi) is 4.70. The summed E-state index contributed by atoms with van der Waals surface area (Å²) in [5.74, 6) is 0.172. The predicted molar refractivity (Wildman–Crippen MR) is 86.9 cm³/mol. The van der Waals surface area contributed by atoms with Gasteiger partial charge in [-0.3, -0.25) is 4.79 Å². The molecule has 5 nitrogen and oxygen atoms in total. The number of amides is 1. The number of rotatable bonds is 4. The molecule has 1 aliphatic rings. The molecule has 3 rings (SSSR count). The van der Waals surface area contributed by atoms with Crippen LogP contribution in [0.4, 0.5) is 5.69 Å². The summed E-state index contributed by atoms with van der Waals surface area (Å²) in [6.45, 7) is 3.69. The molecule has 1 amide bonds. The van der Waals surface area contributed by atoms with Crippen molar-refractivity contribution in [2.45, 2.75) is 23.4 Å². The minimum atomic E-state index is 0.0752. The first-order valence-electron chi connectivity index (χ1n) is 7.29. The SMILES string of the molecule is Cc1cc(Sc2ncccn2)ccc1NC(=O)C1CCNC1. The first-order valence-corrected chi connectivity index (χ1v) is 8.11. The fourth-order valence-corrected chi connectivity index (χ4v) is 3.21. The van der Waals surface area contributed by atoms with E-state index in [0.717, 1.165) is 40.8 Å². The number of hydrogen-bond acceptors (Lipinski definition) is 5. The molecular formula is C16H18N4OS. The van der Waals surface area contributed by atoms with Crippen LogP contribution in [0.5, 0.6) is 0 Å². The number of carbonyl (C=O) groups is 1. The number of benzene rings is 1. The Morgan fingerprint density at radius 2 is 2.18 bits per heavy atom. The van der Waals surface area contributed by atoms with E-state index in [-0.39, 0.29) is 11.8 Å². The molecule has 1 aliphatic heterocycles. The molecule has 1 atom stereocenters. The van der Waals surface area contributed by atoms with Gasteiger partial charge in [0, 0.05) is 29.5 Å². The third-order valence-electron chi connectivity index (χ3n) is 3.64. The van der Waals surface area contributed by atoms with E-state index in [1.54, 1.807) is 18.5 Å². The Morgan fingerprint density at radius 1 is 1.36 bits per heavy atom. The summed E-state index contributed by atoms with van der Waals surface area (Å²) in [5.41, 5.74) is 1.91. The molecule has 2 aromatic rings. The van der Waals surface area contributed by atoms with E-state index >= 15 is 0 Å². The molecule has 0 aliphatic carbocycles. The third kappa shape index (κ3) is 3.64. The van der Waals surface area contributed by atoms with E-state index in [1.807, 2.05) is 25.1 Å². The van der Waals surface area contributed by atoms with Crippen LogP contribution in [-0.2, 0) is 4.79 Å². The maximum absolute atomic E-state index is 12.2. The summed E-state index contributed by atoms with van der Waals surface area (Å²) in [6, 6.07) is 7.77. The highest BCUT2D eigenvalue weighted by atomic mass is 32.2. The monoisotopic (exact) mass is 314 g/mol. The van der Waals surface area contributed by atoms with Gasteiger partial charge in [-0.15, -0.1) is 0 Å². The quantitative estimate of drug-likeness (QED) is 0.849. The van der Waals surface area contributed by atoms with Gasteiger partial charge in [0.2, 0.25) is 5.91 Å². The number of nitrogens with one attached hydrogen (secondary N) is 2. The Morgan fingerprint density at radius 3 is 2.86 bits per heavy atom. The molecule has 6 heteroatoms. The second kappa shape index (κ2) is 6.89. The van der Waals surface area contributed by atoms with E-state index in [1.165, 1.54) is 11.8 Å². The molecule has 22 heavy (non-hydrogen) atoms. The van der Waals surface area contributed by atoms with Crippen LogP contribution in [0.2, 0.25) is 0 Å². The zero-order chi connectivity index (χ0) is 15.4. The van der Waals surface area contributed by atoms with Crippen LogP contribution >= 0.6 is 11.8 Å². The molecule has 114 valence electrons. The summed E-state index contributed by atoms with van der Waals surface area (Å²) in [6.07, 6.45) is 4.36. The first-order chi connectivity index (χ1) is 10.7. The number of carbonyl (C=O) groups excluding carboxylic acids is 1. The highest BCUT2D eigenvalue weighted by molar-refractivity contribution is 7.99. The number of aryl methyl sites for hydroxylation is 1. The highest BCUT2D eigenvalue weighted by Gasteiger charge is 2.22.